The smallest absolute Gasteiger partial charge is 0.269 e. The first-order valence-corrected chi connectivity index (χ1v) is 8.51. The molecule has 0 fully saturated rings. The van der Waals surface area contributed by atoms with Crippen LogP contribution in [-0.4, -0.2) is 29.4 Å². The Balaban J connectivity index is 1.97. The molecule has 0 bridgehead atoms. The van der Waals surface area contributed by atoms with Crippen molar-refractivity contribution in [2.75, 3.05) is 11.9 Å². The molecule has 1 atom stereocenters. The molecule has 0 spiro atoms. The normalized spacial score (nSPS) is 11.3. The molecule has 2 rings (SSSR count). The Labute approximate surface area is 156 Å². The molecule has 2 aromatic carbocycles. The van der Waals surface area contributed by atoms with Crippen molar-refractivity contribution in [1.82, 2.24) is 5.32 Å². The number of nitrogens with zero attached hydrogens (tertiary/aromatic N) is 1. The fraction of sp³-hybridized carbons (Fsp3) is 0.263. The van der Waals surface area contributed by atoms with Crippen LogP contribution < -0.4 is 15.4 Å². The molecule has 2 N–H and O–H groups in total. The summed E-state index contributed by atoms with van der Waals surface area (Å²) in [5.41, 5.74) is 0.867. The Kier molecular flexibility index (Phi) is 6.87. The van der Waals surface area contributed by atoms with Crippen LogP contribution in [0.5, 0.6) is 5.75 Å². The highest BCUT2D eigenvalue weighted by atomic mass is 16.6. The summed E-state index contributed by atoms with van der Waals surface area (Å²) in [6.45, 7) is 4.10. The Bertz CT molecular complexity index is 820. The summed E-state index contributed by atoms with van der Waals surface area (Å²) < 4.78 is 5.50. The highest BCUT2D eigenvalue weighted by molar-refractivity contribution is 5.98. The van der Waals surface area contributed by atoms with Gasteiger partial charge in [-0.05, 0) is 43.7 Å². The lowest BCUT2D eigenvalue weighted by molar-refractivity contribution is -0.384. The quantitative estimate of drug-likeness (QED) is 0.547. The summed E-state index contributed by atoms with van der Waals surface area (Å²) in [5.74, 6) is -0.265. The van der Waals surface area contributed by atoms with E-state index in [1.54, 1.807) is 31.2 Å². The standard InChI is InChI=1S/C19H21N3O5/c1-3-11-20-19(24)14-5-4-6-15(12-14)21-18(23)13(2)27-17-9-7-16(8-10-17)22(25)26/h4-10,12-13H,3,11H2,1-2H3,(H,20,24)(H,21,23). The van der Waals surface area contributed by atoms with Crippen LogP contribution in [0.25, 0.3) is 0 Å². The van der Waals surface area contributed by atoms with E-state index in [9.17, 15) is 19.7 Å². The van der Waals surface area contributed by atoms with Gasteiger partial charge in [0.1, 0.15) is 5.75 Å². The molecule has 0 radical (unpaired) electrons. The first-order valence-electron chi connectivity index (χ1n) is 8.51. The minimum absolute atomic E-state index is 0.0578. The average molecular weight is 371 g/mol. The van der Waals surface area contributed by atoms with Gasteiger partial charge >= 0.3 is 0 Å². The van der Waals surface area contributed by atoms with E-state index in [1.165, 1.54) is 24.3 Å². The molecular formula is C19H21N3O5. The van der Waals surface area contributed by atoms with Crippen molar-refractivity contribution in [3.8, 4) is 5.75 Å². The first-order chi connectivity index (χ1) is 12.9. The van der Waals surface area contributed by atoms with Crippen LogP contribution in [0.4, 0.5) is 11.4 Å². The van der Waals surface area contributed by atoms with E-state index in [-0.39, 0.29) is 11.6 Å². The van der Waals surface area contributed by atoms with Crippen LogP contribution in [-0.2, 0) is 4.79 Å². The van der Waals surface area contributed by atoms with Crippen molar-refractivity contribution in [2.45, 2.75) is 26.4 Å². The third-order valence-electron chi connectivity index (χ3n) is 3.66. The lowest BCUT2D eigenvalue weighted by Gasteiger charge is -2.15. The van der Waals surface area contributed by atoms with Gasteiger partial charge in [0.05, 0.1) is 4.92 Å². The number of nitro benzene ring substituents is 1. The van der Waals surface area contributed by atoms with Crippen LogP contribution in [0.1, 0.15) is 30.6 Å². The maximum atomic E-state index is 12.3. The summed E-state index contributed by atoms with van der Waals surface area (Å²) in [6.07, 6.45) is 0.00340. The Morgan fingerprint density at radius 2 is 1.89 bits per heavy atom. The molecule has 0 aliphatic heterocycles. The van der Waals surface area contributed by atoms with E-state index in [1.807, 2.05) is 6.92 Å². The summed E-state index contributed by atoms with van der Waals surface area (Å²) in [6, 6.07) is 12.1. The fourth-order valence-corrected chi connectivity index (χ4v) is 2.23. The number of nitrogens with one attached hydrogen (secondary N) is 2. The minimum Gasteiger partial charge on any atom is -0.481 e. The molecular weight excluding hydrogens is 350 g/mol. The first kappa shape index (κ1) is 19.9. The van der Waals surface area contributed by atoms with Crippen LogP contribution in [0.2, 0.25) is 0 Å². The van der Waals surface area contributed by atoms with Crippen molar-refractivity contribution >= 4 is 23.2 Å². The molecule has 2 aromatic rings. The van der Waals surface area contributed by atoms with Crippen LogP contribution in [0, 0.1) is 10.1 Å². The van der Waals surface area contributed by atoms with Gasteiger partial charge in [0.2, 0.25) is 0 Å². The van der Waals surface area contributed by atoms with E-state index >= 15 is 0 Å². The summed E-state index contributed by atoms with van der Waals surface area (Å²) in [4.78, 5) is 34.4. The molecule has 0 aromatic heterocycles. The molecule has 1 unspecified atom stereocenters. The third kappa shape index (κ3) is 5.81. The van der Waals surface area contributed by atoms with Gasteiger partial charge in [0.15, 0.2) is 6.10 Å². The molecule has 0 saturated heterocycles. The number of anilines is 1. The number of benzene rings is 2. The molecule has 8 nitrogen and oxygen atoms in total. The second-order valence-corrected chi connectivity index (χ2v) is 5.84. The molecule has 0 aliphatic carbocycles. The lowest BCUT2D eigenvalue weighted by Crippen LogP contribution is -2.30. The van der Waals surface area contributed by atoms with E-state index < -0.39 is 16.9 Å². The highest BCUT2D eigenvalue weighted by Gasteiger charge is 2.16. The summed E-state index contributed by atoms with van der Waals surface area (Å²) >= 11 is 0. The number of rotatable bonds is 8. The zero-order valence-electron chi connectivity index (χ0n) is 15.1. The van der Waals surface area contributed by atoms with E-state index in [0.717, 1.165) is 6.42 Å². The Morgan fingerprint density at radius 1 is 1.19 bits per heavy atom. The second-order valence-electron chi connectivity index (χ2n) is 5.84. The van der Waals surface area contributed by atoms with Crippen LogP contribution in [0.15, 0.2) is 48.5 Å². The van der Waals surface area contributed by atoms with E-state index in [2.05, 4.69) is 10.6 Å². The number of carbonyl (C=O) groups is 2. The van der Waals surface area contributed by atoms with Crippen molar-refractivity contribution < 1.29 is 19.2 Å². The molecule has 0 saturated carbocycles. The minimum atomic E-state index is -0.830. The Hall–Kier alpha value is -3.42. The van der Waals surface area contributed by atoms with Gasteiger partial charge in [-0.1, -0.05) is 13.0 Å². The number of carbonyl (C=O) groups excluding carboxylic acids is 2. The van der Waals surface area contributed by atoms with Gasteiger partial charge in [-0.3, -0.25) is 19.7 Å². The maximum absolute atomic E-state index is 12.3. The molecule has 0 aliphatic rings. The summed E-state index contributed by atoms with van der Waals surface area (Å²) in [5, 5.41) is 16.1. The van der Waals surface area contributed by atoms with Gasteiger partial charge in [-0.15, -0.1) is 0 Å². The van der Waals surface area contributed by atoms with Crippen molar-refractivity contribution in [1.29, 1.82) is 0 Å². The number of amides is 2. The fourth-order valence-electron chi connectivity index (χ4n) is 2.23. The van der Waals surface area contributed by atoms with Gasteiger partial charge in [-0.2, -0.15) is 0 Å². The molecule has 27 heavy (non-hydrogen) atoms. The number of ether oxygens (including phenoxy) is 1. The van der Waals surface area contributed by atoms with Crippen molar-refractivity contribution in [3.63, 3.8) is 0 Å². The SMILES string of the molecule is CCCNC(=O)c1cccc(NC(=O)C(C)Oc2ccc([N+](=O)[O-])cc2)c1. The molecule has 142 valence electrons. The second kappa shape index (κ2) is 9.33. The monoisotopic (exact) mass is 371 g/mol. The van der Waals surface area contributed by atoms with Crippen molar-refractivity contribution in [3.05, 3.63) is 64.2 Å². The lowest BCUT2D eigenvalue weighted by atomic mass is 10.2. The Morgan fingerprint density at radius 3 is 2.52 bits per heavy atom. The topological polar surface area (TPSA) is 111 Å². The highest BCUT2D eigenvalue weighted by Crippen LogP contribution is 2.19. The number of hydrogen-bond acceptors (Lipinski definition) is 5. The molecule has 0 heterocycles. The van der Waals surface area contributed by atoms with Gasteiger partial charge in [-0.25, -0.2) is 0 Å². The molecule has 2 amide bonds. The van der Waals surface area contributed by atoms with Gasteiger partial charge in [0.25, 0.3) is 17.5 Å². The third-order valence-corrected chi connectivity index (χ3v) is 3.66. The molecule has 8 heteroatoms. The average Bonchev–Trinajstić information content (AvgIpc) is 2.66. The van der Waals surface area contributed by atoms with E-state index in [4.69, 9.17) is 4.74 Å². The maximum Gasteiger partial charge on any atom is 0.269 e. The number of hydrogen-bond donors (Lipinski definition) is 2. The number of nitro groups is 1. The van der Waals surface area contributed by atoms with Crippen LogP contribution in [0.3, 0.4) is 0 Å². The van der Waals surface area contributed by atoms with Gasteiger partial charge < -0.3 is 15.4 Å². The zero-order valence-corrected chi connectivity index (χ0v) is 15.1. The predicted molar refractivity (Wildman–Crippen MR) is 101 cm³/mol. The van der Waals surface area contributed by atoms with Gasteiger partial charge in [0, 0.05) is 29.9 Å². The van der Waals surface area contributed by atoms with E-state index in [0.29, 0.717) is 23.5 Å². The largest absolute Gasteiger partial charge is 0.481 e. The zero-order chi connectivity index (χ0) is 19.8. The number of non-ortho nitro benzene ring substituents is 1. The predicted octanol–water partition coefficient (Wildman–Crippen LogP) is 3.14. The van der Waals surface area contributed by atoms with Crippen LogP contribution >= 0.6 is 0 Å². The van der Waals surface area contributed by atoms with Crippen molar-refractivity contribution in [2.24, 2.45) is 0 Å². The summed E-state index contributed by atoms with van der Waals surface area (Å²) in [7, 11) is 0.